The third-order valence-corrected chi connectivity index (χ3v) is 3.48. The largest absolute Gasteiger partial charge is 0.488 e. The van der Waals surface area contributed by atoms with Gasteiger partial charge < -0.3 is 20.3 Å². The number of carbonyl (C=O) groups is 1. The molecule has 1 amide bonds. The van der Waals surface area contributed by atoms with Gasteiger partial charge in [-0.1, -0.05) is 26.3 Å². The zero-order valence-corrected chi connectivity index (χ0v) is 13.3. The van der Waals surface area contributed by atoms with E-state index in [4.69, 9.17) is 0 Å². The number of rotatable bonds is 7. The van der Waals surface area contributed by atoms with E-state index in [0.717, 1.165) is 12.0 Å². The Morgan fingerprint density at radius 1 is 1.38 bits per heavy atom. The summed E-state index contributed by atoms with van der Waals surface area (Å²) in [6.45, 7) is 5.36. The molecular weight excluding hydrogens is 267 g/mol. The SMILES string of the molecule is CCC(C)CNC(=O)c1ccc(B(O)O)c(CN(C)C)c1. The Morgan fingerprint density at radius 2 is 2.05 bits per heavy atom. The molecule has 6 heteroatoms. The summed E-state index contributed by atoms with van der Waals surface area (Å²) >= 11 is 0. The monoisotopic (exact) mass is 292 g/mol. The number of nitrogens with one attached hydrogen (secondary N) is 1. The lowest BCUT2D eigenvalue weighted by atomic mass is 9.76. The van der Waals surface area contributed by atoms with E-state index in [2.05, 4.69) is 19.2 Å². The van der Waals surface area contributed by atoms with Gasteiger partial charge in [0.15, 0.2) is 0 Å². The smallest absolute Gasteiger partial charge is 0.423 e. The lowest BCUT2D eigenvalue weighted by Crippen LogP contribution is -2.35. The van der Waals surface area contributed by atoms with Crippen molar-refractivity contribution in [3.63, 3.8) is 0 Å². The van der Waals surface area contributed by atoms with Crippen molar-refractivity contribution in [3.8, 4) is 0 Å². The van der Waals surface area contributed by atoms with Gasteiger partial charge in [0.1, 0.15) is 0 Å². The minimum atomic E-state index is -1.53. The molecule has 1 atom stereocenters. The molecule has 0 aliphatic rings. The molecule has 0 radical (unpaired) electrons. The van der Waals surface area contributed by atoms with Crippen LogP contribution in [-0.2, 0) is 6.54 Å². The van der Waals surface area contributed by atoms with Gasteiger partial charge in [0.05, 0.1) is 0 Å². The van der Waals surface area contributed by atoms with Crippen LogP contribution in [0.3, 0.4) is 0 Å². The highest BCUT2D eigenvalue weighted by Crippen LogP contribution is 2.07. The fraction of sp³-hybridized carbons (Fsp3) is 0.533. The van der Waals surface area contributed by atoms with Crippen molar-refractivity contribution in [2.24, 2.45) is 5.92 Å². The first-order chi connectivity index (χ1) is 9.85. The highest BCUT2D eigenvalue weighted by atomic mass is 16.4. The second kappa shape index (κ2) is 8.17. The van der Waals surface area contributed by atoms with Crippen LogP contribution in [0.5, 0.6) is 0 Å². The quantitative estimate of drug-likeness (QED) is 0.628. The van der Waals surface area contributed by atoms with Crippen LogP contribution in [0.25, 0.3) is 0 Å². The van der Waals surface area contributed by atoms with Crippen LogP contribution in [0.4, 0.5) is 0 Å². The van der Waals surface area contributed by atoms with Gasteiger partial charge in [0.25, 0.3) is 5.91 Å². The molecule has 21 heavy (non-hydrogen) atoms. The molecule has 116 valence electrons. The summed E-state index contributed by atoms with van der Waals surface area (Å²) in [5, 5.41) is 21.7. The first-order valence-electron chi connectivity index (χ1n) is 7.27. The van der Waals surface area contributed by atoms with Gasteiger partial charge in [-0.15, -0.1) is 0 Å². The van der Waals surface area contributed by atoms with Crippen LogP contribution in [-0.4, -0.2) is 48.6 Å². The van der Waals surface area contributed by atoms with Gasteiger partial charge in [0.2, 0.25) is 0 Å². The molecule has 0 aliphatic heterocycles. The molecule has 0 saturated carbocycles. The van der Waals surface area contributed by atoms with Gasteiger partial charge >= 0.3 is 7.12 Å². The minimum absolute atomic E-state index is 0.130. The summed E-state index contributed by atoms with van der Waals surface area (Å²) in [5.41, 5.74) is 1.72. The van der Waals surface area contributed by atoms with Crippen molar-refractivity contribution in [1.82, 2.24) is 10.2 Å². The van der Waals surface area contributed by atoms with E-state index in [1.165, 1.54) is 0 Å². The number of hydrogen-bond acceptors (Lipinski definition) is 4. The average molecular weight is 292 g/mol. The minimum Gasteiger partial charge on any atom is -0.423 e. The standard InChI is InChI=1S/C15H25BN2O3/c1-5-11(2)9-17-15(19)12-6-7-14(16(20)21)13(8-12)10-18(3)4/h6-8,11,20-21H,5,9-10H2,1-4H3,(H,17,19). The summed E-state index contributed by atoms with van der Waals surface area (Å²) in [7, 11) is 2.25. The number of amides is 1. The Morgan fingerprint density at radius 3 is 2.57 bits per heavy atom. The van der Waals surface area contributed by atoms with Gasteiger partial charge in [-0.05, 0) is 43.2 Å². The normalized spacial score (nSPS) is 12.3. The molecular formula is C15H25BN2O3. The molecule has 1 aromatic carbocycles. The van der Waals surface area contributed by atoms with Crippen molar-refractivity contribution >= 4 is 18.5 Å². The molecule has 5 nitrogen and oxygen atoms in total. The Balaban J connectivity index is 2.91. The maximum absolute atomic E-state index is 12.1. The van der Waals surface area contributed by atoms with Gasteiger partial charge in [-0.25, -0.2) is 0 Å². The average Bonchev–Trinajstić information content (AvgIpc) is 2.43. The Kier molecular flexibility index (Phi) is 6.88. The summed E-state index contributed by atoms with van der Waals surface area (Å²) in [6.07, 6.45) is 1.02. The fourth-order valence-electron chi connectivity index (χ4n) is 1.99. The Hall–Kier alpha value is -1.37. The first-order valence-corrected chi connectivity index (χ1v) is 7.27. The van der Waals surface area contributed by atoms with Crippen molar-refractivity contribution in [2.75, 3.05) is 20.6 Å². The third-order valence-electron chi connectivity index (χ3n) is 3.48. The molecule has 3 N–H and O–H groups in total. The third kappa shape index (κ3) is 5.49. The molecule has 0 fully saturated rings. The predicted octanol–water partition coefficient (Wildman–Crippen LogP) is 0.204. The van der Waals surface area contributed by atoms with E-state index in [1.807, 2.05) is 19.0 Å². The summed E-state index contributed by atoms with van der Waals surface area (Å²) in [4.78, 5) is 14.1. The zero-order chi connectivity index (χ0) is 16.0. The highest BCUT2D eigenvalue weighted by molar-refractivity contribution is 6.59. The van der Waals surface area contributed by atoms with E-state index in [0.29, 0.717) is 30.0 Å². The lowest BCUT2D eigenvalue weighted by molar-refractivity contribution is 0.0947. The topological polar surface area (TPSA) is 72.8 Å². The van der Waals surface area contributed by atoms with E-state index >= 15 is 0 Å². The second-order valence-corrected chi connectivity index (χ2v) is 5.75. The summed E-state index contributed by atoms with van der Waals surface area (Å²) < 4.78 is 0. The molecule has 0 aliphatic carbocycles. The van der Waals surface area contributed by atoms with Crippen LogP contribution >= 0.6 is 0 Å². The van der Waals surface area contributed by atoms with Crippen molar-refractivity contribution < 1.29 is 14.8 Å². The van der Waals surface area contributed by atoms with Crippen molar-refractivity contribution in [3.05, 3.63) is 29.3 Å². The molecule has 0 aromatic heterocycles. The fourth-order valence-corrected chi connectivity index (χ4v) is 1.99. The Bertz CT molecular complexity index is 478. The van der Waals surface area contributed by atoms with Gasteiger partial charge in [-0.3, -0.25) is 4.79 Å². The number of hydrogen-bond donors (Lipinski definition) is 3. The molecule has 1 aromatic rings. The lowest BCUT2D eigenvalue weighted by Gasteiger charge is -2.16. The van der Waals surface area contributed by atoms with Crippen LogP contribution in [0, 0.1) is 5.92 Å². The maximum Gasteiger partial charge on any atom is 0.488 e. The number of benzene rings is 1. The highest BCUT2D eigenvalue weighted by Gasteiger charge is 2.18. The molecule has 1 unspecified atom stereocenters. The molecule has 0 spiro atoms. The number of carbonyl (C=O) groups excluding carboxylic acids is 1. The second-order valence-electron chi connectivity index (χ2n) is 5.75. The van der Waals surface area contributed by atoms with Crippen molar-refractivity contribution in [2.45, 2.75) is 26.8 Å². The van der Waals surface area contributed by atoms with Gasteiger partial charge in [0, 0.05) is 18.7 Å². The van der Waals surface area contributed by atoms with E-state index in [9.17, 15) is 14.8 Å². The molecule has 0 heterocycles. The van der Waals surface area contributed by atoms with Crippen LogP contribution < -0.4 is 10.8 Å². The van der Waals surface area contributed by atoms with Crippen molar-refractivity contribution in [1.29, 1.82) is 0 Å². The van der Waals surface area contributed by atoms with E-state index in [-0.39, 0.29) is 5.91 Å². The molecule has 0 saturated heterocycles. The Labute approximate surface area is 127 Å². The van der Waals surface area contributed by atoms with Gasteiger partial charge in [-0.2, -0.15) is 0 Å². The van der Waals surface area contributed by atoms with E-state index in [1.54, 1.807) is 18.2 Å². The predicted molar refractivity (Wildman–Crippen MR) is 85.4 cm³/mol. The summed E-state index contributed by atoms with van der Waals surface area (Å²) in [6, 6.07) is 4.95. The first kappa shape index (κ1) is 17.7. The summed E-state index contributed by atoms with van der Waals surface area (Å²) in [5.74, 6) is 0.308. The zero-order valence-electron chi connectivity index (χ0n) is 13.3. The maximum atomic E-state index is 12.1. The van der Waals surface area contributed by atoms with Crippen LogP contribution in [0.1, 0.15) is 36.2 Å². The van der Waals surface area contributed by atoms with Crippen LogP contribution in [0.2, 0.25) is 0 Å². The van der Waals surface area contributed by atoms with Crippen LogP contribution in [0.15, 0.2) is 18.2 Å². The molecule has 0 bridgehead atoms. The number of nitrogens with zero attached hydrogens (tertiary/aromatic N) is 1. The van der Waals surface area contributed by atoms with E-state index < -0.39 is 7.12 Å². The molecule has 1 rings (SSSR count).